The van der Waals surface area contributed by atoms with Crippen molar-refractivity contribution in [2.45, 2.75) is 51.6 Å². The molecule has 1 aliphatic rings. The lowest BCUT2D eigenvalue weighted by molar-refractivity contribution is -0.137. The van der Waals surface area contributed by atoms with E-state index in [-0.39, 0.29) is 5.91 Å². The van der Waals surface area contributed by atoms with Crippen molar-refractivity contribution in [2.24, 2.45) is 11.8 Å². The molecular formula is C20H29F3N2O. The van der Waals surface area contributed by atoms with Crippen molar-refractivity contribution < 1.29 is 18.0 Å². The maximum atomic E-state index is 12.9. The van der Waals surface area contributed by atoms with Gasteiger partial charge in [-0.1, -0.05) is 39.0 Å². The van der Waals surface area contributed by atoms with Crippen molar-refractivity contribution in [2.75, 3.05) is 19.6 Å². The minimum absolute atomic E-state index is 0.0388. The van der Waals surface area contributed by atoms with Crippen molar-refractivity contribution in [3.8, 4) is 0 Å². The SMILES string of the molecule is CC(CC(=O)NCC(C)(C)c1cccc(C(F)(F)F)c1)C1CCCNC1. The highest BCUT2D eigenvalue weighted by Gasteiger charge is 2.32. The average molecular weight is 370 g/mol. The molecule has 0 spiro atoms. The fourth-order valence-electron chi connectivity index (χ4n) is 3.43. The molecule has 2 atom stereocenters. The van der Waals surface area contributed by atoms with Crippen LogP contribution in [0.25, 0.3) is 0 Å². The second-order valence-electron chi connectivity index (χ2n) is 8.03. The maximum Gasteiger partial charge on any atom is 0.416 e. The molecule has 6 heteroatoms. The molecule has 0 saturated carbocycles. The van der Waals surface area contributed by atoms with Gasteiger partial charge in [0, 0.05) is 18.4 Å². The van der Waals surface area contributed by atoms with Crippen LogP contribution in [-0.4, -0.2) is 25.5 Å². The number of benzene rings is 1. The van der Waals surface area contributed by atoms with Crippen LogP contribution >= 0.6 is 0 Å². The zero-order valence-electron chi connectivity index (χ0n) is 15.7. The molecule has 1 aromatic carbocycles. The first-order chi connectivity index (χ1) is 12.1. The number of hydrogen-bond acceptors (Lipinski definition) is 2. The predicted molar refractivity (Wildman–Crippen MR) is 96.9 cm³/mol. The van der Waals surface area contributed by atoms with Crippen LogP contribution in [0.4, 0.5) is 13.2 Å². The van der Waals surface area contributed by atoms with E-state index in [1.807, 2.05) is 13.8 Å². The van der Waals surface area contributed by atoms with Gasteiger partial charge in [-0.25, -0.2) is 0 Å². The van der Waals surface area contributed by atoms with Gasteiger partial charge < -0.3 is 10.6 Å². The van der Waals surface area contributed by atoms with E-state index in [9.17, 15) is 18.0 Å². The van der Waals surface area contributed by atoms with Crippen LogP contribution in [0.5, 0.6) is 0 Å². The first-order valence-corrected chi connectivity index (χ1v) is 9.25. The smallest absolute Gasteiger partial charge is 0.355 e. The Morgan fingerprint density at radius 3 is 2.62 bits per heavy atom. The zero-order valence-corrected chi connectivity index (χ0v) is 15.7. The molecule has 1 aromatic rings. The molecule has 1 amide bonds. The Hall–Kier alpha value is -1.56. The third kappa shape index (κ3) is 5.73. The summed E-state index contributed by atoms with van der Waals surface area (Å²) in [7, 11) is 0. The van der Waals surface area contributed by atoms with Gasteiger partial charge in [0.15, 0.2) is 0 Å². The van der Waals surface area contributed by atoms with Crippen LogP contribution in [0.3, 0.4) is 0 Å². The van der Waals surface area contributed by atoms with Crippen molar-refractivity contribution in [1.29, 1.82) is 0 Å². The van der Waals surface area contributed by atoms with E-state index in [4.69, 9.17) is 0 Å². The number of nitrogens with one attached hydrogen (secondary N) is 2. The summed E-state index contributed by atoms with van der Waals surface area (Å²) in [5.41, 5.74) is -0.669. The number of carbonyl (C=O) groups is 1. The number of halogens is 3. The van der Waals surface area contributed by atoms with Crippen molar-refractivity contribution >= 4 is 5.91 Å². The molecule has 2 unspecified atom stereocenters. The third-order valence-electron chi connectivity index (χ3n) is 5.35. The Labute approximate surface area is 153 Å². The molecule has 2 N–H and O–H groups in total. The van der Waals surface area contributed by atoms with E-state index in [2.05, 4.69) is 17.6 Å². The fourth-order valence-corrected chi connectivity index (χ4v) is 3.43. The average Bonchev–Trinajstić information content (AvgIpc) is 2.60. The van der Waals surface area contributed by atoms with Crippen LogP contribution in [0, 0.1) is 11.8 Å². The molecule has 26 heavy (non-hydrogen) atoms. The Bertz CT molecular complexity index is 607. The standard InChI is InChI=1S/C20H29F3N2O/c1-14(15-6-5-9-24-12-15)10-18(26)25-13-19(2,3)16-7-4-8-17(11-16)20(21,22)23/h4,7-8,11,14-15,24H,5-6,9-10,12-13H2,1-3H3,(H,25,26). The summed E-state index contributed by atoms with van der Waals surface area (Å²) in [6.45, 7) is 8.08. The van der Waals surface area contributed by atoms with Gasteiger partial charge in [0.25, 0.3) is 0 Å². The number of piperidine rings is 1. The van der Waals surface area contributed by atoms with Crippen molar-refractivity contribution in [3.05, 3.63) is 35.4 Å². The van der Waals surface area contributed by atoms with Crippen molar-refractivity contribution in [1.82, 2.24) is 10.6 Å². The van der Waals surface area contributed by atoms with Crippen molar-refractivity contribution in [3.63, 3.8) is 0 Å². The second-order valence-corrected chi connectivity index (χ2v) is 8.03. The summed E-state index contributed by atoms with van der Waals surface area (Å²) >= 11 is 0. The molecule has 3 nitrogen and oxygen atoms in total. The van der Waals surface area contributed by atoms with E-state index < -0.39 is 17.2 Å². The summed E-state index contributed by atoms with van der Waals surface area (Å²) in [6.07, 6.45) is -1.64. The predicted octanol–water partition coefficient (Wildman–Crippen LogP) is 4.13. The van der Waals surface area contributed by atoms with Gasteiger partial charge in [0.1, 0.15) is 0 Å². The molecule has 2 rings (SSSR count). The van der Waals surface area contributed by atoms with E-state index in [1.165, 1.54) is 12.1 Å². The number of amides is 1. The Balaban J connectivity index is 1.91. The molecule has 1 saturated heterocycles. The fraction of sp³-hybridized carbons (Fsp3) is 0.650. The van der Waals surface area contributed by atoms with Gasteiger partial charge in [-0.3, -0.25) is 4.79 Å². The van der Waals surface area contributed by atoms with Crippen LogP contribution < -0.4 is 10.6 Å². The van der Waals surface area contributed by atoms with Crippen LogP contribution in [0.2, 0.25) is 0 Å². The second kappa shape index (κ2) is 8.42. The van der Waals surface area contributed by atoms with E-state index in [0.717, 1.165) is 32.0 Å². The topological polar surface area (TPSA) is 41.1 Å². The summed E-state index contributed by atoms with van der Waals surface area (Å²) in [5, 5.41) is 6.27. The van der Waals surface area contributed by atoms with Gasteiger partial charge in [-0.2, -0.15) is 13.2 Å². The molecular weight excluding hydrogens is 341 g/mol. The number of rotatable bonds is 6. The molecule has 0 radical (unpaired) electrons. The first kappa shape index (κ1) is 20.7. The van der Waals surface area contributed by atoms with Crippen LogP contribution in [-0.2, 0) is 16.4 Å². The van der Waals surface area contributed by atoms with E-state index >= 15 is 0 Å². The van der Waals surface area contributed by atoms with Gasteiger partial charge in [0.2, 0.25) is 5.91 Å². The van der Waals surface area contributed by atoms with Gasteiger partial charge >= 0.3 is 6.18 Å². The Kier molecular flexibility index (Phi) is 6.72. The molecule has 1 fully saturated rings. The molecule has 0 bridgehead atoms. The quantitative estimate of drug-likeness (QED) is 0.791. The monoisotopic (exact) mass is 370 g/mol. The van der Waals surface area contributed by atoms with E-state index in [1.54, 1.807) is 6.07 Å². The lowest BCUT2D eigenvalue weighted by atomic mass is 9.83. The Morgan fingerprint density at radius 1 is 1.31 bits per heavy atom. The van der Waals surface area contributed by atoms with E-state index in [0.29, 0.717) is 30.4 Å². The van der Waals surface area contributed by atoms with Gasteiger partial charge in [-0.05, 0) is 49.4 Å². The molecule has 0 aromatic heterocycles. The first-order valence-electron chi connectivity index (χ1n) is 9.25. The van der Waals surface area contributed by atoms with Gasteiger partial charge in [0.05, 0.1) is 5.56 Å². The highest BCUT2D eigenvalue weighted by atomic mass is 19.4. The minimum atomic E-state index is -4.36. The molecule has 1 aliphatic heterocycles. The largest absolute Gasteiger partial charge is 0.416 e. The number of carbonyl (C=O) groups excluding carboxylic acids is 1. The number of alkyl halides is 3. The zero-order chi connectivity index (χ0) is 19.4. The summed E-state index contributed by atoms with van der Waals surface area (Å²) in [4.78, 5) is 12.3. The summed E-state index contributed by atoms with van der Waals surface area (Å²) in [6, 6.07) is 5.33. The van der Waals surface area contributed by atoms with Crippen LogP contribution in [0.1, 0.15) is 51.2 Å². The van der Waals surface area contributed by atoms with Crippen LogP contribution in [0.15, 0.2) is 24.3 Å². The maximum absolute atomic E-state index is 12.9. The third-order valence-corrected chi connectivity index (χ3v) is 5.35. The number of hydrogen-bond donors (Lipinski definition) is 2. The summed E-state index contributed by atoms with van der Waals surface area (Å²) < 4.78 is 38.7. The highest BCUT2D eigenvalue weighted by Crippen LogP contribution is 2.32. The Morgan fingerprint density at radius 2 is 2.00 bits per heavy atom. The lowest BCUT2D eigenvalue weighted by Gasteiger charge is -2.29. The summed E-state index contributed by atoms with van der Waals surface area (Å²) in [5.74, 6) is 0.758. The molecule has 1 heterocycles. The normalized spacial score (nSPS) is 19.8. The molecule has 146 valence electrons. The van der Waals surface area contributed by atoms with Gasteiger partial charge in [-0.15, -0.1) is 0 Å². The minimum Gasteiger partial charge on any atom is -0.355 e. The molecule has 0 aliphatic carbocycles. The lowest BCUT2D eigenvalue weighted by Crippen LogP contribution is -2.39. The highest BCUT2D eigenvalue weighted by molar-refractivity contribution is 5.76.